The summed E-state index contributed by atoms with van der Waals surface area (Å²) >= 11 is 0. The van der Waals surface area contributed by atoms with E-state index in [0.717, 1.165) is 0 Å². The molecule has 1 aromatic heterocycles. The summed E-state index contributed by atoms with van der Waals surface area (Å²) in [5.41, 5.74) is 6.08. The quantitative estimate of drug-likeness (QED) is 0.643. The molecule has 13 heavy (non-hydrogen) atoms. The van der Waals surface area contributed by atoms with Gasteiger partial charge in [0.05, 0.1) is 12.6 Å². The van der Waals surface area contributed by atoms with Gasteiger partial charge in [0.2, 0.25) is 0 Å². The first kappa shape index (κ1) is 9.88. The molecule has 0 aromatic carbocycles. The summed E-state index contributed by atoms with van der Waals surface area (Å²) in [5, 5.41) is 3.88. The lowest BCUT2D eigenvalue weighted by Gasteiger charge is -2.08. The first-order valence-corrected chi connectivity index (χ1v) is 3.93. The average Bonchev–Trinajstić information content (AvgIpc) is 2.50. The van der Waals surface area contributed by atoms with Gasteiger partial charge < -0.3 is 10.5 Å². The standard InChI is InChI=1S/C8H13N3O2/c1-11-7(3-4-10-11)8(12)6(9)5-13-2/h3-4,6H,5,9H2,1-2H3. The third-order valence-corrected chi connectivity index (χ3v) is 1.76. The number of nitrogens with two attached hydrogens (primary N) is 1. The van der Waals surface area contributed by atoms with Crippen LogP contribution in [-0.4, -0.2) is 35.3 Å². The summed E-state index contributed by atoms with van der Waals surface area (Å²) in [4.78, 5) is 11.6. The molecule has 0 radical (unpaired) electrons. The van der Waals surface area contributed by atoms with Gasteiger partial charge >= 0.3 is 0 Å². The van der Waals surface area contributed by atoms with Gasteiger partial charge in [-0.25, -0.2) is 0 Å². The van der Waals surface area contributed by atoms with E-state index in [4.69, 9.17) is 10.5 Å². The number of hydrogen-bond acceptors (Lipinski definition) is 4. The maximum absolute atomic E-state index is 11.6. The maximum Gasteiger partial charge on any atom is 0.199 e. The Morgan fingerprint density at radius 2 is 2.54 bits per heavy atom. The van der Waals surface area contributed by atoms with Gasteiger partial charge in [0.1, 0.15) is 5.69 Å². The van der Waals surface area contributed by atoms with E-state index in [0.29, 0.717) is 5.69 Å². The molecule has 1 atom stereocenters. The van der Waals surface area contributed by atoms with Crippen LogP contribution < -0.4 is 5.73 Å². The maximum atomic E-state index is 11.6. The van der Waals surface area contributed by atoms with Crippen molar-refractivity contribution in [2.45, 2.75) is 6.04 Å². The fraction of sp³-hybridized carbons (Fsp3) is 0.500. The normalized spacial score (nSPS) is 12.8. The van der Waals surface area contributed by atoms with Crippen molar-refractivity contribution in [2.24, 2.45) is 12.8 Å². The van der Waals surface area contributed by atoms with Crippen LogP contribution in [0.25, 0.3) is 0 Å². The number of hydrogen-bond donors (Lipinski definition) is 1. The number of carbonyl (C=O) groups excluding carboxylic acids is 1. The van der Waals surface area contributed by atoms with E-state index in [-0.39, 0.29) is 12.4 Å². The molecule has 1 heterocycles. The van der Waals surface area contributed by atoms with Crippen LogP contribution in [0.15, 0.2) is 12.3 Å². The Morgan fingerprint density at radius 1 is 1.85 bits per heavy atom. The minimum atomic E-state index is -0.611. The van der Waals surface area contributed by atoms with E-state index >= 15 is 0 Å². The highest BCUT2D eigenvalue weighted by Crippen LogP contribution is 2.00. The minimum Gasteiger partial charge on any atom is -0.383 e. The van der Waals surface area contributed by atoms with Crippen LogP contribution in [-0.2, 0) is 11.8 Å². The van der Waals surface area contributed by atoms with Gasteiger partial charge in [-0.1, -0.05) is 0 Å². The van der Waals surface area contributed by atoms with Gasteiger partial charge in [-0.05, 0) is 6.07 Å². The molecule has 1 rings (SSSR count). The van der Waals surface area contributed by atoms with Crippen LogP contribution in [0.4, 0.5) is 0 Å². The number of methoxy groups -OCH3 is 1. The highest BCUT2D eigenvalue weighted by molar-refractivity contribution is 5.98. The predicted molar refractivity (Wildman–Crippen MR) is 47.4 cm³/mol. The molecule has 0 bridgehead atoms. The Morgan fingerprint density at radius 3 is 3.00 bits per heavy atom. The molecule has 0 aliphatic rings. The Bertz CT molecular complexity index is 295. The average molecular weight is 183 g/mol. The summed E-state index contributed by atoms with van der Waals surface area (Å²) < 4.78 is 6.29. The van der Waals surface area contributed by atoms with E-state index in [1.807, 2.05) is 0 Å². The minimum absolute atomic E-state index is 0.151. The molecule has 0 fully saturated rings. The molecule has 72 valence electrons. The summed E-state index contributed by atoms with van der Waals surface area (Å²) in [6.07, 6.45) is 1.56. The van der Waals surface area contributed by atoms with Gasteiger partial charge in [0, 0.05) is 20.4 Å². The number of ketones is 1. The SMILES string of the molecule is COCC(N)C(=O)c1ccnn1C. The molecular weight excluding hydrogens is 170 g/mol. The van der Waals surface area contributed by atoms with Gasteiger partial charge in [0.25, 0.3) is 0 Å². The number of aromatic nitrogens is 2. The number of ether oxygens (including phenoxy) is 1. The molecule has 0 saturated heterocycles. The number of aryl methyl sites for hydroxylation is 1. The summed E-state index contributed by atoms with van der Waals surface area (Å²) in [6, 6.07) is 1.03. The van der Waals surface area contributed by atoms with Crippen molar-refractivity contribution in [2.75, 3.05) is 13.7 Å². The largest absolute Gasteiger partial charge is 0.383 e. The lowest BCUT2D eigenvalue weighted by molar-refractivity contribution is 0.0883. The molecule has 1 unspecified atom stereocenters. The third-order valence-electron chi connectivity index (χ3n) is 1.76. The van der Waals surface area contributed by atoms with E-state index < -0.39 is 6.04 Å². The monoisotopic (exact) mass is 183 g/mol. The van der Waals surface area contributed by atoms with Crippen molar-refractivity contribution in [3.63, 3.8) is 0 Å². The topological polar surface area (TPSA) is 70.1 Å². The number of nitrogens with zero attached hydrogens (tertiary/aromatic N) is 2. The third kappa shape index (κ3) is 2.13. The van der Waals surface area contributed by atoms with E-state index in [2.05, 4.69) is 5.10 Å². The van der Waals surface area contributed by atoms with E-state index in [1.54, 1.807) is 19.3 Å². The zero-order valence-electron chi connectivity index (χ0n) is 7.73. The van der Waals surface area contributed by atoms with Crippen LogP contribution in [0, 0.1) is 0 Å². The molecule has 0 aliphatic heterocycles. The fourth-order valence-electron chi connectivity index (χ4n) is 1.06. The molecular formula is C8H13N3O2. The summed E-state index contributed by atoms with van der Waals surface area (Å²) in [5.74, 6) is -0.151. The fourth-order valence-corrected chi connectivity index (χ4v) is 1.06. The Hall–Kier alpha value is -1.20. The van der Waals surface area contributed by atoms with Crippen LogP contribution in [0.2, 0.25) is 0 Å². The molecule has 2 N–H and O–H groups in total. The Balaban J connectivity index is 2.73. The van der Waals surface area contributed by atoms with Crippen molar-refractivity contribution >= 4 is 5.78 Å². The summed E-state index contributed by atoms with van der Waals surface area (Å²) in [6.45, 7) is 0.226. The zero-order chi connectivity index (χ0) is 9.84. The Kier molecular flexibility index (Phi) is 3.16. The first-order valence-electron chi connectivity index (χ1n) is 3.93. The Labute approximate surface area is 76.5 Å². The lowest BCUT2D eigenvalue weighted by Crippen LogP contribution is -2.35. The second-order valence-corrected chi connectivity index (χ2v) is 2.77. The van der Waals surface area contributed by atoms with Crippen molar-refractivity contribution in [3.05, 3.63) is 18.0 Å². The van der Waals surface area contributed by atoms with Crippen LogP contribution in [0.5, 0.6) is 0 Å². The second-order valence-electron chi connectivity index (χ2n) is 2.77. The van der Waals surface area contributed by atoms with Crippen molar-refractivity contribution in [1.82, 2.24) is 9.78 Å². The van der Waals surface area contributed by atoms with E-state index in [9.17, 15) is 4.79 Å². The molecule has 0 saturated carbocycles. The van der Waals surface area contributed by atoms with Crippen LogP contribution in [0.3, 0.4) is 0 Å². The first-order chi connectivity index (χ1) is 6.16. The van der Waals surface area contributed by atoms with Gasteiger partial charge in [0.15, 0.2) is 5.78 Å². The van der Waals surface area contributed by atoms with Crippen LogP contribution >= 0.6 is 0 Å². The van der Waals surface area contributed by atoms with Gasteiger partial charge in [-0.2, -0.15) is 5.10 Å². The molecule has 5 heteroatoms. The number of Topliss-reactive ketones (excluding diaryl/α,β-unsaturated/α-hetero) is 1. The zero-order valence-corrected chi connectivity index (χ0v) is 7.73. The lowest BCUT2D eigenvalue weighted by atomic mass is 10.1. The number of carbonyl (C=O) groups is 1. The molecule has 5 nitrogen and oxygen atoms in total. The van der Waals surface area contributed by atoms with Gasteiger partial charge in [-0.15, -0.1) is 0 Å². The molecule has 0 amide bonds. The molecule has 0 aliphatic carbocycles. The van der Waals surface area contributed by atoms with Crippen LogP contribution in [0.1, 0.15) is 10.5 Å². The van der Waals surface area contributed by atoms with Crippen molar-refractivity contribution < 1.29 is 9.53 Å². The summed E-state index contributed by atoms with van der Waals surface area (Å²) in [7, 11) is 3.21. The highest BCUT2D eigenvalue weighted by atomic mass is 16.5. The highest BCUT2D eigenvalue weighted by Gasteiger charge is 2.17. The molecule has 0 spiro atoms. The number of rotatable bonds is 4. The van der Waals surface area contributed by atoms with E-state index in [1.165, 1.54) is 11.8 Å². The van der Waals surface area contributed by atoms with Gasteiger partial charge in [-0.3, -0.25) is 9.48 Å². The molecule has 1 aromatic rings. The second kappa shape index (κ2) is 4.15. The predicted octanol–water partition coefficient (Wildman–Crippen LogP) is -0.424. The smallest absolute Gasteiger partial charge is 0.199 e. The van der Waals surface area contributed by atoms with Crippen molar-refractivity contribution in [3.8, 4) is 0 Å². The van der Waals surface area contributed by atoms with Crippen molar-refractivity contribution in [1.29, 1.82) is 0 Å².